The van der Waals surface area contributed by atoms with E-state index in [1.165, 1.54) is 19.2 Å². The fraction of sp³-hybridized carbons (Fsp3) is 0.588. The van der Waals surface area contributed by atoms with Crippen LogP contribution in [-0.2, 0) is 14.8 Å². The Morgan fingerprint density at radius 1 is 1.28 bits per heavy atom. The Morgan fingerprint density at radius 3 is 2.31 bits per heavy atom. The molecule has 12 heteroatoms. The van der Waals surface area contributed by atoms with Crippen molar-refractivity contribution in [2.75, 3.05) is 33.3 Å². The number of carbonyl (C=O) groups is 1. The summed E-state index contributed by atoms with van der Waals surface area (Å²) >= 11 is 0. The van der Waals surface area contributed by atoms with Crippen LogP contribution >= 0.6 is 0 Å². The van der Waals surface area contributed by atoms with Gasteiger partial charge in [0.25, 0.3) is 0 Å². The van der Waals surface area contributed by atoms with Gasteiger partial charge >= 0.3 is 12.3 Å². The molecule has 0 radical (unpaired) electrons. The van der Waals surface area contributed by atoms with Crippen LogP contribution in [0, 0.1) is 0 Å². The van der Waals surface area contributed by atoms with E-state index >= 15 is 0 Å². The number of amides is 1. The molecule has 1 aliphatic heterocycles. The Morgan fingerprint density at radius 2 is 1.83 bits per heavy atom. The molecule has 1 amide bonds. The number of nitrogens with zero attached hydrogens (tertiary/aromatic N) is 2. The number of likely N-dealkylation sites (tertiary alicyclic amines) is 1. The Labute approximate surface area is 166 Å². The summed E-state index contributed by atoms with van der Waals surface area (Å²) in [6, 6.07) is 7.65. The number of rotatable bonds is 6. The minimum Gasteiger partial charge on any atom is -0.434 e. The highest BCUT2D eigenvalue weighted by Crippen LogP contribution is 2.27. The lowest BCUT2D eigenvalue weighted by Gasteiger charge is -2.39. The van der Waals surface area contributed by atoms with Gasteiger partial charge in [-0.25, -0.2) is 13.2 Å². The molecule has 1 atom stereocenters. The molecule has 29 heavy (non-hydrogen) atoms. The summed E-state index contributed by atoms with van der Waals surface area (Å²) in [6.07, 6.45) is -8.87. The van der Waals surface area contributed by atoms with Gasteiger partial charge in [-0.3, -0.25) is 0 Å². The zero-order chi connectivity index (χ0) is 21.9. The zero-order valence-electron chi connectivity index (χ0n) is 15.7. The van der Waals surface area contributed by atoms with Crippen molar-refractivity contribution >= 4 is 16.1 Å². The summed E-state index contributed by atoms with van der Waals surface area (Å²) in [5.41, 5.74) is -1.45. The number of carbonyl (C=O) groups excluding carboxylic acids is 1. The molecule has 1 saturated heterocycles. The van der Waals surface area contributed by atoms with Crippen molar-refractivity contribution < 1.29 is 41.3 Å². The van der Waals surface area contributed by atoms with E-state index in [0.717, 1.165) is 9.21 Å². The van der Waals surface area contributed by atoms with Crippen molar-refractivity contribution in [3.63, 3.8) is 0 Å². The topological polar surface area (TPSA) is 107 Å². The Balaban J connectivity index is 1.96. The van der Waals surface area contributed by atoms with Gasteiger partial charge < -0.3 is 19.8 Å². The lowest BCUT2D eigenvalue weighted by molar-refractivity contribution is -0.215. The van der Waals surface area contributed by atoms with Gasteiger partial charge in [-0.1, -0.05) is 18.2 Å². The number of ether oxygens (including phenoxy) is 1. The summed E-state index contributed by atoms with van der Waals surface area (Å²) in [5, 5.41) is 19.4. The summed E-state index contributed by atoms with van der Waals surface area (Å²) in [5.74, 6) is 0. The third kappa shape index (κ3) is 5.81. The zero-order valence-corrected chi connectivity index (χ0v) is 16.5. The Kier molecular flexibility index (Phi) is 7.14. The van der Waals surface area contributed by atoms with Crippen LogP contribution in [-0.4, -0.2) is 85.1 Å². The molecular weight excluding hydrogens is 417 g/mol. The third-order valence-electron chi connectivity index (χ3n) is 4.69. The first kappa shape index (κ1) is 23.4. The molecular formula is C17H23F3N2O6S. The van der Waals surface area contributed by atoms with Crippen LogP contribution in [0.5, 0.6) is 0 Å². The predicted molar refractivity (Wildman–Crippen MR) is 95.4 cm³/mol. The average molecular weight is 440 g/mol. The fourth-order valence-electron chi connectivity index (χ4n) is 2.94. The number of piperidine rings is 1. The van der Waals surface area contributed by atoms with Crippen LogP contribution in [0.4, 0.5) is 18.0 Å². The van der Waals surface area contributed by atoms with E-state index in [4.69, 9.17) is 5.11 Å². The molecule has 1 fully saturated rings. The van der Waals surface area contributed by atoms with Gasteiger partial charge in [0.2, 0.25) is 16.1 Å². The number of alkyl halides is 3. The number of benzene rings is 1. The van der Waals surface area contributed by atoms with Crippen molar-refractivity contribution in [2.24, 2.45) is 0 Å². The molecule has 1 aromatic rings. The fourth-order valence-corrected chi connectivity index (χ4v) is 4.21. The lowest BCUT2D eigenvalue weighted by atomic mass is 9.91. The van der Waals surface area contributed by atoms with Crippen molar-refractivity contribution in [3.8, 4) is 0 Å². The van der Waals surface area contributed by atoms with Crippen molar-refractivity contribution in [3.05, 3.63) is 30.3 Å². The first-order valence-electron chi connectivity index (χ1n) is 8.76. The quantitative estimate of drug-likeness (QED) is 0.688. The van der Waals surface area contributed by atoms with E-state index in [-0.39, 0.29) is 37.4 Å². The van der Waals surface area contributed by atoms with Crippen molar-refractivity contribution in [2.45, 2.75) is 35.6 Å². The smallest absolute Gasteiger partial charge is 0.427 e. The van der Waals surface area contributed by atoms with Gasteiger partial charge in [-0.2, -0.15) is 17.5 Å². The van der Waals surface area contributed by atoms with Gasteiger partial charge in [-0.15, -0.1) is 0 Å². The van der Waals surface area contributed by atoms with Gasteiger partial charge in [0.05, 0.1) is 17.1 Å². The SMILES string of the molecule is CN(CC1(O)CCN(C(=O)OC(CO)C(F)(F)F)CC1)S(=O)(=O)c1ccccc1. The van der Waals surface area contributed by atoms with E-state index in [1.54, 1.807) is 18.2 Å². The number of hydrogen-bond acceptors (Lipinski definition) is 6. The van der Waals surface area contributed by atoms with Crippen LogP contribution in [0.15, 0.2) is 35.2 Å². The summed E-state index contributed by atoms with van der Waals surface area (Å²) in [6.45, 7) is -1.88. The maximum Gasteiger partial charge on any atom is 0.427 e. The van der Waals surface area contributed by atoms with E-state index < -0.39 is 40.6 Å². The second kappa shape index (κ2) is 8.86. The molecule has 1 heterocycles. The molecule has 1 aromatic carbocycles. The molecule has 164 valence electrons. The molecule has 0 bridgehead atoms. The summed E-state index contributed by atoms with van der Waals surface area (Å²) in [4.78, 5) is 12.9. The van der Waals surface area contributed by atoms with Crippen LogP contribution in [0.3, 0.4) is 0 Å². The molecule has 1 unspecified atom stereocenters. The second-order valence-electron chi connectivity index (χ2n) is 6.88. The number of hydrogen-bond donors (Lipinski definition) is 2. The van der Waals surface area contributed by atoms with E-state index in [0.29, 0.717) is 0 Å². The number of sulfonamides is 1. The van der Waals surface area contributed by atoms with Crippen LogP contribution in [0.2, 0.25) is 0 Å². The van der Waals surface area contributed by atoms with Gasteiger partial charge in [-0.05, 0) is 25.0 Å². The van der Waals surface area contributed by atoms with Crippen LogP contribution in [0.25, 0.3) is 0 Å². The van der Waals surface area contributed by atoms with Crippen LogP contribution in [0.1, 0.15) is 12.8 Å². The molecule has 0 aromatic heterocycles. The predicted octanol–water partition coefficient (Wildman–Crippen LogP) is 1.19. The highest BCUT2D eigenvalue weighted by atomic mass is 32.2. The second-order valence-corrected chi connectivity index (χ2v) is 8.93. The molecule has 2 N–H and O–H groups in total. The third-order valence-corrected chi connectivity index (χ3v) is 6.51. The summed E-state index contributed by atoms with van der Waals surface area (Å²) < 4.78 is 68.3. The Bertz CT molecular complexity index is 795. The minimum atomic E-state index is -4.89. The van der Waals surface area contributed by atoms with Crippen molar-refractivity contribution in [1.29, 1.82) is 0 Å². The minimum absolute atomic E-state index is 0.0490. The normalized spacial score (nSPS) is 18.5. The summed E-state index contributed by atoms with van der Waals surface area (Å²) in [7, 11) is -2.51. The molecule has 2 rings (SSSR count). The van der Waals surface area contributed by atoms with Gasteiger partial charge in [0.15, 0.2) is 0 Å². The lowest BCUT2D eigenvalue weighted by Crippen LogP contribution is -2.53. The highest BCUT2D eigenvalue weighted by molar-refractivity contribution is 7.89. The molecule has 1 aliphatic rings. The Hall–Kier alpha value is -1.89. The first-order valence-corrected chi connectivity index (χ1v) is 10.2. The monoisotopic (exact) mass is 440 g/mol. The van der Waals surface area contributed by atoms with Gasteiger partial charge in [0, 0.05) is 26.7 Å². The molecule has 8 nitrogen and oxygen atoms in total. The standard InChI is InChI=1S/C17H23F3N2O6S/c1-21(29(26,27)13-5-3-2-4-6-13)12-16(25)7-9-22(10-8-16)15(24)28-14(11-23)17(18,19)20/h2-6,14,23,25H,7-12H2,1H3. The van der Waals surface area contributed by atoms with Gasteiger partial charge in [0.1, 0.15) is 0 Å². The molecule has 0 aliphatic carbocycles. The first-order chi connectivity index (χ1) is 13.4. The maximum absolute atomic E-state index is 12.6. The number of aliphatic hydroxyl groups excluding tert-OH is 1. The highest BCUT2D eigenvalue weighted by Gasteiger charge is 2.44. The van der Waals surface area contributed by atoms with E-state index in [1.807, 2.05) is 0 Å². The van der Waals surface area contributed by atoms with E-state index in [9.17, 15) is 31.5 Å². The maximum atomic E-state index is 12.6. The molecule has 0 spiro atoms. The number of aliphatic hydroxyl groups is 2. The van der Waals surface area contributed by atoms with Crippen LogP contribution < -0.4 is 0 Å². The molecule has 0 saturated carbocycles. The van der Waals surface area contributed by atoms with Crippen molar-refractivity contribution in [1.82, 2.24) is 9.21 Å². The number of likely N-dealkylation sites (N-methyl/N-ethyl adjacent to an activating group) is 1. The number of halogens is 3. The van der Waals surface area contributed by atoms with E-state index in [2.05, 4.69) is 4.74 Å². The average Bonchev–Trinajstić information content (AvgIpc) is 2.65. The largest absolute Gasteiger partial charge is 0.434 e.